The van der Waals surface area contributed by atoms with Gasteiger partial charge in [0.05, 0.1) is 0 Å². The van der Waals surface area contributed by atoms with Crippen molar-refractivity contribution in [1.82, 2.24) is 0 Å². The molecule has 21 heavy (non-hydrogen) atoms. The highest BCUT2D eigenvalue weighted by Crippen LogP contribution is 3.02. The second-order valence-electron chi connectivity index (χ2n) is 10.4. The minimum absolute atomic E-state index is 0.132. The molecule has 0 nitrogen and oxygen atoms in total. The maximum atomic E-state index is 2.54. The lowest BCUT2D eigenvalue weighted by Gasteiger charge is -2.47. The third kappa shape index (κ3) is 3.99. The molecule has 0 amide bonds. The Morgan fingerprint density at radius 3 is 1.24 bits per heavy atom. The van der Waals surface area contributed by atoms with Gasteiger partial charge in [-0.3, -0.25) is 0 Å². The van der Waals surface area contributed by atoms with Gasteiger partial charge in [0.2, 0.25) is 0 Å². The van der Waals surface area contributed by atoms with Crippen molar-refractivity contribution in [3.63, 3.8) is 0 Å². The Kier molecular flexibility index (Phi) is 5.74. The molecule has 0 saturated carbocycles. The largest absolute Gasteiger partial charge is 0.0737 e. The Hall–Kier alpha value is 1.59. The maximum Gasteiger partial charge on any atom is -0.00236 e. The van der Waals surface area contributed by atoms with Gasteiger partial charge in [0.1, 0.15) is 0 Å². The van der Waals surface area contributed by atoms with Gasteiger partial charge in [0, 0.05) is 0 Å². The molecule has 2 unspecified atom stereocenters. The van der Waals surface area contributed by atoms with E-state index >= 15 is 0 Å². The molecule has 0 aromatic carbocycles. The van der Waals surface area contributed by atoms with Crippen molar-refractivity contribution in [2.45, 2.75) is 104 Å². The molecule has 0 fully saturated rings. The summed E-state index contributed by atoms with van der Waals surface area (Å²) in [5.41, 5.74) is 0. The third-order valence-electron chi connectivity index (χ3n) is 4.40. The fourth-order valence-corrected chi connectivity index (χ4v) is 50.3. The van der Waals surface area contributed by atoms with Crippen LogP contribution in [0.2, 0.25) is 0 Å². The van der Waals surface area contributed by atoms with Crippen LogP contribution in [0.15, 0.2) is 0 Å². The molecular weight excluding hydrogens is 328 g/mol. The summed E-state index contributed by atoms with van der Waals surface area (Å²) in [7, 11) is 2.18. The van der Waals surface area contributed by atoms with Crippen LogP contribution in [0.5, 0.6) is 0 Å². The molecule has 0 aromatic rings. The summed E-state index contributed by atoms with van der Waals surface area (Å²) in [6.45, 7) is 29.3. The van der Waals surface area contributed by atoms with Gasteiger partial charge in [-0.2, -0.15) is 0 Å². The number of rotatable bonds is 0. The fraction of sp³-hybridized carbons (Fsp3) is 1.00. The van der Waals surface area contributed by atoms with Crippen LogP contribution in [-0.2, 0) is 0 Å². The Labute approximate surface area is 138 Å². The Balaban J connectivity index is 3.57. The summed E-state index contributed by atoms with van der Waals surface area (Å²) in [6, 6.07) is 0. The van der Waals surface area contributed by atoms with Gasteiger partial charge in [-0.15, -0.1) is 0 Å². The van der Waals surface area contributed by atoms with E-state index in [-0.39, 0.29) is 14.9 Å². The lowest BCUT2D eigenvalue weighted by atomic mass is 10.2. The highest BCUT2D eigenvalue weighted by molar-refractivity contribution is 8.68. The van der Waals surface area contributed by atoms with Gasteiger partial charge in [-0.25, -0.2) is 0 Å². The van der Waals surface area contributed by atoms with E-state index in [2.05, 4.69) is 83.1 Å². The zero-order chi connectivity index (χ0) is 17.1. The molecule has 126 valence electrons. The van der Waals surface area contributed by atoms with E-state index in [1.165, 1.54) is 0 Å². The van der Waals surface area contributed by atoms with E-state index in [0.29, 0.717) is 20.6 Å². The Morgan fingerprint density at radius 2 is 1.05 bits per heavy atom. The molecular formula is C17H38P4. The molecule has 0 saturated heterocycles. The third-order valence-corrected chi connectivity index (χ3v) is 37.7. The highest BCUT2D eigenvalue weighted by atomic mass is 32.5. The van der Waals surface area contributed by atoms with Crippen molar-refractivity contribution in [3.8, 4) is 0 Å². The highest BCUT2D eigenvalue weighted by Gasteiger charge is 2.53. The molecule has 4 heteroatoms. The van der Waals surface area contributed by atoms with Crippen molar-refractivity contribution >= 4 is 29.0 Å². The molecule has 0 spiro atoms. The molecule has 2 atom stereocenters. The van der Waals surface area contributed by atoms with Crippen LogP contribution in [0.1, 0.15) is 83.1 Å². The van der Waals surface area contributed by atoms with Gasteiger partial charge in [0.15, 0.2) is 0 Å². The summed E-state index contributed by atoms with van der Waals surface area (Å²) < 4.78 is 0. The monoisotopic (exact) mass is 366 g/mol. The van der Waals surface area contributed by atoms with Crippen LogP contribution < -0.4 is 0 Å². The molecule has 0 N–H and O–H groups in total. The first-order chi connectivity index (χ1) is 8.93. The van der Waals surface area contributed by atoms with Gasteiger partial charge in [0.25, 0.3) is 0 Å². The van der Waals surface area contributed by atoms with E-state index in [1.807, 2.05) is 7.56 Å². The van der Waals surface area contributed by atoms with Crippen molar-refractivity contribution in [2.24, 2.45) is 0 Å². The number of hydrogen-bond acceptors (Lipinski definition) is 0. The summed E-state index contributed by atoms with van der Waals surface area (Å²) in [5, 5.41) is 2.00. The minimum Gasteiger partial charge on any atom is -0.0737 e. The van der Waals surface area contributed by atoms with Gasteiger partial charge < -0.3 is 0 Å². The fourth-order valence-electron chi connectivity index (χ4n) is 3.17. The summed E-state index contributed by atoms with van der Waals surface area (Å²) in [5.74, 6) is 1.57. The molecule has 1 aliphatic rings. The molecule has 0 aliphatic carbocycles. The zero-order valence-electron chi connectivity index (χ0n) is 16.5. The summed E-state index contributed by atoms with van der Waals surface area (Å²) >= 11 is 0. The van der Waals surface area contributed by atoms with E-state index in [4.69, 9.17) is 0 Å². The first-order valence-electron chi connectivity index (χ1n) is 8.13. The van der Waals surface area contributed by atoms with Gasteiger partial charge in [-0.1, -0.05) is 105 Å². The molecule has 1 rings (SSSR count). The SMILES string of the molecule is CC(C)(C)P1CP(C(C)(C)C)(C(C)(C)C)=PP1C(C)(C)C. The second kappa shape index (κ2) is 5.84. The van der Waals surface area contributed by atoms with Crippen LogP contribution >= 0.6 is 29.0 Å². The lowest BCUT2D eigenvalue weighted by Crippen LogP contribution is -2.29. The predicted molar refractivity (Wildman–Crippen MR) is 112 cm³/mol. The Morgan fingerprint density at radius 1 is 0.667 bits per heavy atom. The molecule has 0 aromatic heterocycles. The normalized spacial score (nSPS) is 28.4. The second-order valence-corrected chi connectivity index (χ2v) is 29.0. The first-order valence-corrected chi connectivity index (χ1v) is 16.0. The molecule has 1 aliphatic heterocycles. The van der Waals surface area contributed by atoms with Crippen molar-refractivity contribution in [3.05, 3.63) is 0 Å². The molecule has 0 bridgehead atoms. The first kappa shape index (κ1) is 20.6. The van der Waals surface area contributed by atoms with E-state index in [0.717, 1.165) is 0 Å². The topological polar surface area (TPSA) is 0 Å². The van der Waals surface area contributed by atoms with Crippen LogP contribution in [0.4, 0.5) is 0 Å². The lowest BCUT2D eigenvalue weighted by molar-refractivity contribution is 0.706. The van der Waals surface area contributed by atoms with Crippen LogP contribution in [-0.4, -0.2) is 26.5 Å². The molecule has 1 heterocycles. The number of hydrogen-bond donors (Lipinski definition) is 0. The minimum atomic E-state index is -0.990. The smallest absolute Gasteiger partial charge is 0.00236 e. The van der Waals surface area contributed by atoms with Gasteiger partial charge in [-0.05, 0) is 33.8 Å². The predicted octanol–water partition coefficient (Wildman–Crippen LogP) is 8.82. The van der Waals surface area contributed by atoms with Crippen molar-refractivity contribution < 1.29 is 0 Å². The van der Waals surface area contributed by atoms with Crippen molar-refractivity contribution in [1.29, 1.82) is 0 Å². The maximum absolute atomic E-state index is 2.54. The van der Waals surface area contributed by atoms with Crippen LogP contribution in [0.25, 0.3) is 0 Å². The van der Waals surface area contributed by atoms with Crippen molar-refractivity contribution in [2.75, 3.05) is 5.90 Å². The Bertz CT molecular complexity index is 417. The molecule has 0 radical (unpaired) electrons. The van der Waals surface area contributed by atoms with E-state index in [1.54, 1.807) is 5.90 Å². The average Bonchev–Trinajstić information content (AvgIpc) is 2.53. The summed E-state index contributed by atoms with van der Waals surface area (Å²) in [6.07, 6.45) is 0. The average molecular weight is 366 g/mol. The van der Waals surface area contributed by atoms with Crippen LogP contribution in [0.3, 0.4) is 0 Å². The van der Waals surface area contributed by atoms with E-state index in [9.17, 15) is 0 Å². The van der Waals surface area contributed by atoms with E-state index < -0.39 is 6.55 Å². The quantitative estimate of drug-likeness (QED) is 0.376. The van der Waals surface area contributed by atoms with Crippen LogP contribution in [0, 0.1) is 0 Å². The zero-order valence-corrected chi connectivity index (χ0v) is 20.1. The summed E-state index contributed by atoms with van der Waals surface area (Å²) in [4.78, 5) is 0. The van der Waals surface area contributed by atoms with Gasteiger partial charge >= 0.3 is 0 Å². The standard InChI is InChI=1S/C17H38P4/c1-14(2,3)19-13-21(16(7,8)9,17(10,11)12)18-20(19)15(4,5)6/h13H2,1-12H3.